The van der Waals surface area contributed by atoms with Crippen LogP contribution in [0, 0.1) is 0 Å². The number of hydrogen-bond acceptors (Lipinski definition) is 3. The van der Waals surface area contributed by atoms with E-state index in [0.717, 1.165) is 0 Å². The van der Waals surface area contributed by atoms with Gasteiger partial charge in [-0.05, 0) is 6.92 Å². The van der Waals surface area contributed by atoms with Crippen molar-refractivity contribution in [3.05, 3.63) is 22.6 Å². The third-order valence-corrected chi connectivity index (χ3v) is 1.61. The monoisotopic (exact) mass is 170 g/mol. The first kappa shape index (κ1) is 8.58. The zero-order chi connectivity index (χ0) is 9.14. The number of nitrogens with one attached hydrogen (secondary N) is 1. The number of esters is 1. The molecule has 0 aromatic carbocycles. The van der Waals surface area contributed by atoms with Crippen molar-refractivity contribution >= 4 is 5.97 Å². The van der Waals surface area contributed by atoms with Gasteiger partial charge in [-0.1, -0.05) is 0 Å². The minimum Gasteiger partial charge on any atom is -0.467 e. The molecule has 0 aliphatic heterocycles. The van der Waals surface area contributed by atoms with Gasteiger partial charge in [0.2, 0.25) is 0 Å². The fraction of sp³-hybridized carbons (Fsp3) is 0.429. The molecule has 12 heavy (non-hydrogen) atoms. The standard InChI is InChI=1S/C7H10N2O3/c1-5(7(11)12-2)9-6(10)3-4-8-9/h3-5,8H,1-2H3. The Morgan fingerprint density at radius 2 is 2.42 bits per heavy atom. The van der Waals surface area contributed by atoms with Crippen LogP contribution < -0.4 is 5.56 Å². The molecule has 1 N–H and O–H groups in total. The summed E-state index contributed by atoms with van der Waals surface area (Å²) in [5, 5.41) is 2.62. The summed E-state index contributed by atoms with van der Waals surface area (Å²) in [6, 6.07) is 0.747. The largest absolute Gasteiger partial charge is 0.467 e. The van der Waals surface area contributed by atoms with Gasteiger partial charge in [0.15, 0.2) is 0 Å². The Hall–Kier alpha value is -1.52. The topological polar surface area (TPSA) is 64.1 Å². The molecule has 5 nitrogen and oxygen atoms in total. The van der Waals surface area contributed by atoms with Gasteiger partial charge >= 0.3 is 5.97 Å². The number of carbonyl (C=O) groups excluding carboxylic acids is 1. The molecule has 5 heteroatoms. The molecule has 0 bridgehead atoms. The SMILES string of the molecule is COC(=O)C(C)n1[nH]ccc1=O. The Kier molecular flexibility index (Phi) is 2.32. The molecule has 1 aromatic heterocycles. The van der Waals surface area contributed by atoms with E-state index in [1.165, 1.54) is 24.1 Å². The summed E-state index contributed by atoms with van der Waals surface area (Å²) < 4.78 is 5.67. The van der Waals surface area contributed by atoms with Crippen LogP contribution in [0.15, 0.2) is 17.1 Å². The Bertz CT molecular complexity index is 325. The van der Waals surface area contributed by atoms with Crippen LogP contribution in [-0.4, -0.2) is 22.9 Å². The number of methoxy groups -OCH3 is 1. The first-order valence-electron chi connectivity index (χ1n) is 3.50. The number of ether oxygens (including phenoxy) is 1. The molecule has 0 saturated heterocycles. The molecule has 1 rings (SSSR count). The average Bonchev–Trinajstić information content (AvgIpc) is 2.48. The zero-order valence-electron chi connectivity index (χ0n) is 6.90. The fourth-order valence-corrected chi connectivity index (χ4v) is 0.911. The molecule has 0 aliphatic carbocycles. The molecule has 1 aromatic rings. The normalized spacial score (nSPS) is 12.5. The van der Waals surface area contributed by atoms with Gasteiger partial charge in [0.25, 0.3) is 5.56 Å². The van der Waals surface area contributed by atoms with Crippen LogP contribution in [0.1, 0.15) is 13.0 Å². The van der Waals surface area contributed by atoms with E-state index in [1.54, 1.807) is 6.92 Å². The van der Waals surface area contributed by atoms with Crippen molar-refractivity contribution in [2.45, 2.75) is 13.0 Å². The van der Waals surface area contributed by atoms with Crippen LogP contribution in [0.25, 0.3) is 0 Å². The molecule has 66 valence electrons. The number of hydrogen-bond donors (Lipinski definition) is 1. The Balaban J connectivity index is 2.92. The fourth-order valence-electron chi connectivity index (χ4n) is 0.911. The summed E-state index contributed by atoms with van der Waals surface area (Å²) in [6.45, 7) is 1.59. The molecule has 1 heterocycles. The van der Waals surface area contributed by atoms with Crippen LogP contribution in [0.3, 0.4) is 0 Å². The van der Waals surface area contributed by atoms with Crippen molar-refractivity contribution in [1.29, 1.82) is 0 Å². The smallest absolute Gasteiger partial charge is 0.330 e. The number of carbonyl (C=O) groups is 1. The van der Waals surface area contributed by atoms with Gasteiger partial charge < -0.3 is 9.84 Å². The van der Waals surface area contributed by atoms with E-state index in [-0.39, 0.29) is 5.56 Å². The maximum Gasteiger partial charge on any atom is 0.330 e. The Morgan fingerprint density at radius 3 is 2.83 bits per heavy atom. The summed E-state index contributed by atoms with van der Waals surface area (Å²) in [6.07, 6.45) is 1.47. The lowest BCUT2D eigenvalue weighted by molar-refractivity contribution is -0.144. The van der Waals surface area contributed by atoms with Crippen molar-refractivity contribution in [1.82, 2.24) is 9.78 Å². The lowest BCUT2D eigenvalue weighted by atomic mass is 10.3. The van der Waals surface area contributed by atoms with Crippen molar-refractivity contribution in [3.8, 4) is 0 Å². The molecular weight excluding hydrogens is 160 g/mol. The molecule has 0 saturated carbocycles. The molecule has 0 amide bonds. The van der Waals surface area contributed by atoms with E-state index >= 15 is 0 Å². The van der Waals surface area contributed by atoms with Gasteiger partial charge in [0, 0.05) is 12.3 Å². The van der Waals surface area contributed by atoms with Crippen LogP contribution in [-0.2, 0) is 9.53 Å². The Labute approximate surface area is 68.9 Å². The molecule has 0 fully saturated rings. The van der Waals surface area contributed by atoms with E-state index in [0.29, 0.717) is 0 Å². The highest BCUT2D eigenvalue weighted by Gasteiger charge is 2.16. The predicted molar refractivity (Wildman–Crippen MR) is 41.8 cm³/mol. The third kappa shape index (κ3) is 1.39. The number of nitrogens with zero attached hydrogens (tertiary/aromatic N) is 1. The first-order chi connectivity index (χ1) is 5.66. The lowest BCUT2D eigenvalue weighted by Gasteiger charge is -2.08. The van der Waals surface area contributed by atoms with Gasteiger partial charge in [-0.15, -0.1) is 0 Å². The van der Waals surface area contributed by atoms with Crippen LogP contribution in [0.2, 0.25) is 0 Å². The second-order valence-corrected chi connectivity index (χ2v) is 2.37. The number of H-pyrrole nitrogens is 1. The first-order valence-corrected chi connectivity index (χ1v) is 3.50. The molecule has 1 unspecified atom stereocenters. The summed E-state index contributed by atoms with van der Waals surface area (Å²) in [4.78, 5) is 22.0. The molecule has 0 radical (unpaired) electrons. The van der Waals surface area contributed by atoms with Crippen molar-refractivity contribution in [2.75, 3.05) is 7.11 Å². The molecule has 1 atom stereocenters. The van der Waals surface area contributed by atoms with Crippen molar-refractivity contribution in [2.24, 2.45) is 0 Å². The zero-order valence-corrected chi connectivity index (χ0v) is 6.90. The van der Waals surface area contributed by atoms with E-state index in [2.05, 4.69) is 9.84 Å². The third-order valence-electron chi connectivity index (χ3n) is 1.61. The van der Waals surface area contributed by atoms with Gasteiger partial charge in [0.1, 0.15) is 6.04 Å². The number of aromatic amines is 1. The van der Waals surface area contributed by atoms with Gasteiger partial charge in [0.05, 0.1) is 7.11 Å². The summed E-state index contributed by atoms with van der Waals surface area (Å²) in [7, 11) is 1.28. The highest BCUT2D eigenvalue weighted by atomic mass is 16.5. The summed E-state index contributed by atoms with van der Waals surface area (Å²) in [5.74, 6) is -0.445. The maximum atomic E-state index is 11.0. The second kappa shape index (κ2) is 3.25. The molecule has 0 aliphatic rings. The minimum absolute atomic E-state index is 0.243. The average molecular weight is 170 g/mol. The summed E-state index contributed by atoms with van der Waals surface area (Å²) >= 11 is 0. The summed E-state index contributed by atoms with van der Waals surface area (Å²) in [5.41, 5.74) is -0.243. The predicted octanol–water partition coefficient (Wildman–Crippen LogP) is -0.0896. The quantitative estimate of drug-likeness (QED) is 0.631. The van der Waals surface area contributed by atoms with Gasteiger partial charge in [-0.25, -0.2) is 9.48 Å². The minimum atomic E-state index is -0.600. The van der Waals surface area contributed by atoms with E-state index in [4.69, 9.17) is 0 Å². The van der Waals surface area contributed by atoms with E-state index in [9.17, 15) is 9.59 Å². The number of aromatic nitrogens is 2. The van der Waals surface area contributed by atoms with Gasteiger partial charge in [-0.3, -0.25) is 4.79 Å². The van der Waals surface area contributed by atoms with Gasteiger partial charge in [-0.2, -0.15) is 0 Å². The van der Waals surface area contributed by atoms with Crippen LogP contribution >= 0.6 is 0 Å². The highest BCUT2D eigenvalue weighted by molar-refractivity contribution is 5.73. The maximum absolute atomic E-state index is 11.0. The lowest BCUT2D eigenvalue weighted by Crippen LogP contribution is -2.26. The van der Waals surface area contributed by atoms with Crippen LogP contribution in [0.5, 0.6) is 0 Å². The van der Waals surface area contributed by atoms with E-state index in [1.807, 2.05) is 0 Å². The van der Waals surface area contributed by atoms with Crippen LogP contribution in [0.4, 0.5) is 0 Å². The molecule has 0 spiro atoms. The highest BCUT2D eigenvalue weighted by Crippen LogP contribution is 2.00. The van der Waals surface area contributed by atoms with Crippen molar-refractivity contribution < 1.29 is 9.53 Å². The number of rotatable bonds is 2. The van der Waals surface area contributed by atoms with E-state index < -0.39 is 12.0 Å². The molecular formula is C7H10N2O3. The second-order valence-electron chi connectivity index (χ2n) is 2.37. The Morgan fingerprint density at radius 1 is 1.75 bits per heavy atom. The van der Waals surface area contributed by atoms with Crippen molar-refractivity contribution in [3.63, 3.8) is 0 Å².